The van der Waals surface area contributed by atoms with Gasteiger partial charge in [0.25, 0.3) is 15.9 Å². The fourth-order valence-electron chi connectivity index (χ4n) is 4.45. The molecular formula is C27H33N5O4S. The molecule has 1 saturated heterocycles. The van der Waals surface area contributed by atoms with E-state index in [1.165, 1.54) is 6.07 Å². The molecule has 0 aliphatic carbocycles. The molecule has 9 nitrogen and oxygen atoms in total. The van der Waals surface area contributed by atoms with Gasteiger partial charge in [0.15, 0.2) is 5.03 Å². The number of carbonyl (C=O) groups excluding carboxylic acids is 1. The van der Waals surface area contributed by atoms with Gasteiger partial charge >= 0.3 is 0 Å². The van der Waals surface area contributed by atoms with Crippen LogP contribution in [0.1, 0.15) is 43.1 Å². The molecule has 0 spiro atoms. The number of nitrogens with one attached hydrogen (secondary N) is 2. The van der Waals surface area contributed by atoms with Gasteiger partial charge in [-0.15, -0.1) is 0 Å². The third-order valence-corrected chi connectivity index (χ3v) is 8.29. The van der Waals surface area contributed by atoms with Crippen molar-refractivity contribution in [2.45, 2.75) is 44.2 Å². The standard InChI is InChI=1S/C27H33N5O4S/c1-19-14-17-32(27(19,2)3)25-22(10-7-15-29-25)26(33)31-37(34,35)24-12-6-11-23(30-24)28-16-13-20-8-5-9-21(18-20)36-4/h5-12,15,18-19H,13-14,16-17H2,1-4H3,(H,28,30)(H,31,33). The average Bonchev–Trinajstić information content (AvgIpc) is 3.15. The molecule has 1 aliphatic rings. The molecule has 0 saturated carbocycles. The third-order valence-electron chi connectivity index (χ3n) is 7.05. The highest BCUT2D eigenvalue weighted by molar-refractivity contribution is 7.90. The molecule has 4 rings (SSSR count). The minimum Gasteiger partial charge on any atom is -0.497 e. The van der Waals surface area contributed by atoms with E-state index in [9.17, 15) is 13.2 Å². The van der Waals surface area contributed by atoms with Gasteiger partial charge in [-0.3, -0.25) is 4.79 Å². The number of methoxy groups -OCH3 is 1. The Morgan fingerprint density at radius 1 is 1.16 bits per heavy atom. The SMILES string of the molecule is COc1cccc(CCNc2cccc(S(=O)(=O)NC(=O)c3cccnc3N3CCC(C)C3(C)C)n2)c1. The van der Waals surface area contributed by atoms with Gasteiger partial charge in [-0.1, -0.05) is 25.1 Å². The lowest BCUT2D eigenvalue weighted by Crippen LogP contribution is -2.43. The summed E-state index contributed by atoms with van der Waals surface area (Å²) in [4.78, 5) is 23.9. The molecule has 1 aliphatic heterocycles. The van der Waals surface area contributed by atoms with Gasteiger partial charge in [0.2, 0.25) is 0 Å². The maximum Gasteiger partial charge on any atom is 0.281 e. The summed E-state index contributed by atoms with van der Waals surface area (Å²) in [6.07, 6.45) is 3.27. The lowest BCUT2D eigenvalue weighted by Gasteiger charge is -2.36. The third kappa shape index (κ3) is 5.85. The van der Waals surface area contributed by atoms with Gasteiger partial charge in [0.1, 0.15) is 17.4 Å². The van der Waals surface area contributed by atoms with Crippen LogP contribution in [0.15, 0.2) is 65.8 Å². The van der Waals surface area contributed by atoms with Crippen molar-refractivity contribution in [1.82, 2.24) is 14.7 Å². The molecule has 3 aromatic rings. The van der Waals surface area contributed by atoms with Crippen LogP contribution >= 0.6 is 0 Å². The Hall–Kier alpha value is -3.66. The van der Waals surface area contributed by atoms with Crippen LogP contribution in [0.5, 0.6) is 5.75 Å². The van der Waals surface area contributed by atoms with E-state index in [0.29, 0.717) is 30.5 Å². The number of nitrogens with zero attached hydrogens (tertiary/aromatic N) is 3. The normalized spacial score (nSPS) is 16.9. The number of benzene rings is 1. The van der Waals surface area contributed by atoms with Gasteiger partial charge in [-0.2, -0.15) is 8.42 Å². The van der Waals surface area contributed by atoms with E-state index in [1.54, 1.807) is 37.6 Å². The first-order valence-corrected chi connectivity index (χ1v) is 13.7. The maximum atomic E-state index is 13.2. The van der Waals surface area contributed by atoms with Crippen LogP contribution in [-0.4, -0.2) is 50.0 Å². The number of amides is 1. The maximum absolute atomic E-state index is 13.2. The van der Waals surface area contributed by atoms with Crippen LogP contribution in [0.4, 0.5) is 11.6 Å². The lowest BCUT2D eigenvalue weighted by molar-refractivity contribution is 0.0981. The average molecular weight is 524 g/mol. The smallest absolute Gasteiger partial charge is 0.281 e. The van der Waals surface area contributed by atoms with Crippen molar-refractivity contribution in [2.24, 2.45) is 5.92 Å². The van der Waals surface area contributed by atoms with E-state index in [0.717, 1.165) is 24.3 Å². The predicted octanol–water partition coefficient (Wildman–Crippen LogP) is 3.88. The molecular weight excluding hydrogens is 490 g/mol. The zero-order chi connectivity index (χ0) is 26.6. The van der Waals surface area contributed by atoms with Gasteiger partial charge in [0.05, 0.1) is 12.7 Å². The number of aromatic nitrogens is 2. The Morgan fingerprint density at radius 2 is 1.95 bits per heavy atom. The summed E-state index contributed by atoms with van der Waals surface area (Å²) in [5, 5.41) is 2.90. The summed E-state index contributed by atoms with van der Waals surface area (Å²) in [5.74, 6) is 1.31. The first kappa shape index (κ1) is 26.4. The number of hydrogen-bond donors (Lipinski definition) is 2. The Labute approximate surface area is 218 Å². The summed E-state index contributed by atoms with van der Waals surface area (Å²) in [6, 6.07) is 15.6. The van der Waals surface area contributed by atoms with Crippen molar-refractivity contribution in [3.05, 3.63) is 71.9 Å². The largest absolute Gasteiger partial charge is 0.497 e. The van der Waals surface area contributed by atoms with Crippen molar-refractivity contribution < 1.29 is 17.9 Å². The number of pyridine rings is 2. The fourth-order valence-corrected chi connectivity index (χ4v) is 5.39. The van der Waals surface area contributed by atoms with Gasteiger partial charge < -0.3 is 15.0 Å². The molecule has 10 heteroatoms. The van der Waals surface area contributed by atoms with Crippen molar-refractivity contribution in [3.8, 4) is 5.75 Å². The number of ether oxygens (including phenoxy) is 1. The molecule has 37 heavy (non-hydrogen) atoms. The van der Waals surface area contributed by atoms with Crippen LogP contribution in [0, 0.1) is 5.92 Å². The molecule has 1 aromatic carbocycles. The highest BCUT2D eigenvalue weighted by Crippen LogP contribution is 2.38. The molecule has 0 radical (unpaired) electrons. The van der Waals surface area contributed by atoms with Gasteiger partial charge in [-0.05, 0) is 74.6 Å². The number of rotatable bonds is 9. The van der Waals surface area contributed by atoms with Gasteiger partial charge in [0, 0.05) is 24.8 Å². The van der Waals surface area contributed by atoms with Crippen molar-refractivity contribution in [2.75, 3.05) is 30.4 Å². The van der Waals surface area contributed by atoms with E-state index in [4.69, 9.17) is 4.74 Å². The zero-order valence-corrected chi connectivity index (χ0v) is 22.4. The van der Waals surface area contributed by atoms with E-state index < -0.39 is 15.9 Å². The molecule has 3 heterocycles. The molecule has 2 aromatic heterocycles. The molecule has 1 fully saturated rings. The Balaban J connectivity index is 1.46. The molecule has 0 bridgehead atoms. The number of sulfonamides is 1. The molecule has 1 unspecified atom stereocenters. The fraction of sp³-hybridized carbons (Fsp3) is 0.370. The van der Waals surface area contributed by atoms with Gasteiger partial charge in [-0.25, -0.2) is 14.7 Å². The number of anilines is 2. The Morgan fingerprint density at radius 3 is 2.68 bits per heavy atom. The molecule has 2 N–H and O–H groups in total. The second-order valence-electron chi connectivity index (χ2n) is 9.69. The molecule has 1 amide bonds. The van der Waals surface area contributed by atoms with E-state index in [-0.39, 0.29) is 16.1 Å². The summed E-state index contributed by atoms with van der Waals surface area (Å²) in [7, 11) is -2.59. The van der Waals surface area contributed by atoms with E-state index >= 15 is 0 Å². The molecule has 196 valence electrons. The molecule has 1 atom stereocenters. The summed E-state index contributed by atoms with van der Waals surface area (Å²) >= 11 is 0. The predicted molar refractivity (Wildman–Crippen MR) is 144 cm³/mol. The minimum atomic E-state index is -4.21. The summed E-state index contributed by atoms with van der Waals surface area (Å²) in [6.45, 7) is 7.65. The van der Waals surface area contributed by atoms with Crippen LogP contribution in [-0.2, 0) is 16.4 Å². The first-order chi connectivity index (χ1) is 17.6. The van der Waals surface area contributed by atoms with Crippen molar-refractivity contribution in [3.63, 3.8) is 0 Å². The van der Waals surface area contributed by atoms with E-state index in [2.05, 4.69) is 45.7 Å². The number of carbonyl (C=O) groups is 1. The first-order valence-electron chi connectivity index (χ1n) is 12.3. The van der Waals surface area contributed by atoms with Crippen molar-refractivity contribution in [1.29, 1.82) is 0 Å². The van der Waals surface area contributed by atoms with Crippen LogP contribution < -0.4 is 19.7 Å². The second kappa shape index (κ2) is 10.8. The Bertz CT molecular complexity index is 1380. The quantitative estimate of drug-likeness (QED) is 0.434. The Kier molecular flexibility index (Phi) is 7.68. The highest BCUT2D eigenvalue weighted by Gasteiger charge is 2.40. The van der Waals surface area contributed by atoms with Crippen LogP contribution in [0.25, 0.3) is 0 Å². The van der Waals surface area contributed by atoms with E-state index in [1.807, 2.05) is 24.3 Å². The van der Waals surface area contributed by atoms with Crippen LogP contribution in [0.3, 0.4) is 0 Å². The zero-order valence-electron chi connectivity index (χ0n) is 21.6. The lowest BCUT2D eigenvalue weighted by atomic mass is 9.90. The summed E-state index contributed by atoms with van der Waals surface area (Å²) in [5.41, 5.74) is 1.07. The highest BCUT2D eigenvalue weighted by atomic mass is 32.2. The topological polar surface area (TPSA) is 114 Å². The monoisotopic (exact) mass is 523 g/mol. The summed E-state index contributed by atoms with van der Waals surface area (Å²) < 4.78 is 33.6. The van der Waals surface area contributed by atoms with Crippen LogP contribution in [0.2, 0.25) is 0 Å². The van der Waals surface area contributed by atoms with Crippen molar-refractivity contribution >= 4 is 27.6 Å². The second-order valence-corrected chi connectivity index (χ2v) is 11.3. The minimum absolute atomic E-state index is 0.209. The number of hydrogen-bond acceptors (Lipinski definition) is 8.